The molecule has 0 spiro atoms. The van der Waals surface area contributed by atoms with E-state index in [0.717, 1.165) is 0 Å². The first-order valence-electron chi connectivity index (χ1n) is 3.60. The summed E-state index contributed by atoms with van der Waals surface area (Å²) >= 11 is 0. The molecule has 0 amide bonds. The van der Waals surface area contributed by atoms with E-state index in [4.69, 9.17) is 5.73 Å². The molecule has 0 saturated carbocycles. The van der Waals surface area contributed by atoms with Crippen LogP contribution in [0.4, 0.5) is 0 Å². The normalized spacial score (nSPS) is 15.6. The molecule has 0 aliphatic carbocycles. The van der Waals surface area contributed by atoms with Crippen molar-refractivity contribution in [2.24, 2.45) is 5.73 Å². The van der Waals surface area contributed by atoms with Gasteiger partial charge in [-0.2, -0.15) is 0 Å². The van der Waals surface area contributed by atoms with E-state index in [1.54, 1.807) is 6.92 Å². The lowest BCUT2D eigenvalue weighted by atomic mass is 10.0. The third kappa shape index (κ3) is 4.75. The summed E-state index contributed by atoms with van der Waals surface area (Å²) in [6.45, 7) is 3.62. The molecule has 0 fully saturated rings. The molecular weight excluding hydrogens is 146 g/mol. The van der Waals surface area contributed by atoms with Gasteiger partial charge in [0.15, 0.2) is 0 Å². The highest BCUT2D eigenvalue weighted by Crippen LogP contribution is 2.07. The Labute approximate surface area is 66.3 Å². The monoisotopic (exact) mass is 161 g/mol. The van der Waals surface area contributed by atoms with E-state index in [1.165, 1.54) is 6.92 Å². The summed E-state index contributed by atoms with van der Waals surface area (Å²) in [4.78, 5) is 10.8. The Kier molecular flexibility index (Phi) is 4.07. The van der Waals surface area contributed by atoms with Crippen LogP contribution in [-0.2, 0) is 9.53 Å². The van der Waals surface area contributed by atoms with Crippen molar-refractivity contribution in [1.29, 1.82) is 0 Å². The molecule has 0 aromatic heterocycles. The number of carbonyl (C=O) groups is 1. The van der Waals surface area contributed by atoms with Crippen molar-refractivity contribution in [3.8, 4) is 0 Å². The minimum atomic E-state index is -1.13. The number of aliphatic hydroxyl groups is 1. The molecule has 11 heavy (non-hydrogen) atoms. The Balaban J connectivity index is 3.74. The van der Waals surface area contributed by atoms with Crippen molar-refractivity contribution in [2.75, 3.05) is 13.2 Å². The smallest absolute Gasteiger partial charge is 0.308 e. The molecule has 0 bridgehead atoms. The number of carbonyl (C=O) groups excluding carboxylic acids is 1. The van der Waals surface area contributed by atoms with Gasteiger partial charge in [0.05, 0.1) is 18.6 Å². The van der Waals surface area contributed by atoms with Gasteiger partial charge in [-0.15, -0.1) is 0 Å². The molecule has 0 aromatic carbocycles. The molecule has 4 heteroatoms. The number of rotatable bonds is 4. The van der Waals surface area contributed by atoms with Gasteiger partial charge in [0.25, 0.3) is 0 Å². The second kappa shape index (κ2) is 4.31. The maximum atomic E-state index is 10.8. The zero-order valence-corrected chi connectivity index (χ0v) is 6.96. The maximum Gasteiger partial charge on any atom is 0.308 e. The largest absolute Gasteiger partial charge is 0.466 e. The Morgan fingerprint density at radius 3 is 2.64 bits per heavy atom. The molecule has 0 saturated heterocycles. The molecule has 1 atom stereocenters. The molecule has 0 unspecified atom stereocenters. The van der Waals surface area contributed by atoms with Gasteiger partial charge in [0.2, 0.25) is 0 Å². The Hall–Kier alpha value is -0.610. The summed E-state index contributed by atoms with van der Waals surface area (Å²) in [5.74, 6) is -0.414. The predicted molar refractivity (Wildman–Crippen MR) is 40.9 cm³/mol. The van der Waals surface area contributed by atoms with Crippen molar-refractivity contribution in [2.45, 2.75) is 25.9 Å². The first kappa shape index (κ1) is 10.4. The van der Waals surface area contributed by atoms with Crippen LogP contribution in [0.15, 0.2) is 0 Å². The fraction of sp³-hybridized carbons (Fsp3) is 0.857. The van der Waals surface area contributed by atoms with Gasteiger partial charge in [-0.25, -0.2) is 0 Å². The predicted octanol–water partition coefficient (Wildman–Crippen LogP) is -0.351. The summed E-state index contributed by atoms with van der Waals surface area (Å²) in [5.41, 5.74) is 4.06. The van der Waals surface area contributed by atoms with Crippen LogP contribution in [-0.4, -0.2) is 29.8 Å². The van der Waals surface area contributed by atoms with Crippen LogP contribution in [0.2, 0.25) is 0 Å². The van der Waals surface area contributed by atoms with E-state index in [2.05, 4.69) is 4.74 Å². The van der Waals surface area contributed by atoms with Crippen LogP contribution < -0.4 is 5.73 Å². The molecule has 0 aromatic rings. The Bertz CT molecular complexity index is 134. The van der Waals surface area contributed by atoms with Gasteiger partial charge in [0.1, 0.15) is 0 Å². The highest BCUT2D eigenvalue weighted by Gasteiger charge is 2.22. The quantitative estimate of drug-likeness (QED) is 0.553. The van der Waals surface area contributed by atoms with E-state index in [-0.39, 0.29) is 13.0 Å². The van der Waals surface area contributed by atoms with Gasteiger partial charge in [-0.1, -0.05) is 0 Å². The lowest BCUT2D eigenvalue weighted by Gasteiger charge is -2.18. The average molecular weight is 161 g/mol. The zero-order chi connectivity index (χ0) is 8.91. The van der Waals surface area contributed by atoms with E-state index in [0.29, 0.717) is 6.61 Å². The van der Waals surface area contributed by atoms with Crippen LogP contribution in [0.25, 0.3) is 0 Å². The summed E-state index contributed by atoms with van der Waals surface area (Å²) in [6.07, 6.45) is -0.0443. The van der Waals surface area contributed by atoms with Crippen molar-refractivity contribution >= 4 is 5.97 Å². The lowest BCUT2D eigenvalue weighted by molar-refractivity contribution is -0.147. The SMILES string of the molecule is CCOC(=O)C[C@](C)(O)CN. The fourth-order valence-electron chi connectivity index (χ4n) is 0.595. The second-order valence-electron chi connectivity index (χ2n) is 2.68. The van der Waals surface area contributed by atoms with E-state index in [1.807, 2.05) is 0 Å². The molecular formula is C7H15NO3. The molecule has 0 aliphatic heterocycles. The minimum Gasteiger partial charge on any atom is -0.466 e. The molecule has 0 heterocycles. The lowest BCUT2D eigenvalue weighted by Crippen LogP contribution is -2.37. The Morgan fingerprint density at radius 1 is 1.73 bits per heavy atom. The van der Waals surface area contributed by atoms with Gasteiger partial charge in [-0.05, 0) is 13.8 Å². The fourth-order valence-corrected chi connectivity index (χ4v) is 0.595. The molecule has 4 nitrogen and oxygen atoms in total. The first-order chi connectivity index (χ1) is 5.02. The maximum absolute atomic E-state index is 10.8. The second-order valence-corrected chi connectivity index (χ2v) is 2.68. The number of hydrogen-bond acceptors (Lipinski definition) is 4. The van der Waals surface area contributed by atoms with Crippen LogP contribution >= 0.6 is 0 Å². The van der Waals surface area contributed by atoms with Crippen molar-refractivity contribution < 1.29 is 14.6 Å². The summed E-state index contributed by atoms with van der Waals surface area (Å²) in [5, 5.41) is 9.29. The van der Waals surface area contributed by atoms with Crippen LogP contribution in [0.3, 0.4) is 0 Å². The topological polar surface area (TPSA) is 72.5 Å². The van der Waals surface area contributed by atoms with E-state index in [9.17, 15) is 9.90 Å². The highest BCUT2D eigenvalue weighted by atomic mass is 16.5. The zero-order valence-electron chi connectivity index (χ0n) is 6.96. The van der Waals surface area contributed by atoms with Gasteiger partial charge in [-0.3, -0.25) is 4.79 Å². The van der Waals surface area contributed by atoms with Crippen LogP contribution in [0.1, 0.15) is 20.3 Å². The van der Waals surface area contributed by atoms with Crippen LogP contribution in [0.5, 0.6) is 0 Å². The molecule has 0 rings (SSSR count). The van der Waals surface area contributed by atoms with Crippen LogP contribution in [0, 0.1) is 0 Å². The van der Waals surface area contributed by atoms with Gasteiger partial charge < -0.3 is 15.6 Å². The third-order valence-corrected chi connectivity index (χ3v) is 1.27. The summed E-state index contributed by atoms with van der Waals surface area (Å²) in [7, 11) is 0. The van der Waals surface area contributed by atoms with E-state index < -0.39 is 11.6 Å². The molecule has 0 radical (unpaired) electrons. The first-order valence-corrected chi connectivity index (χ1v) is 3.60. The number of hydrogen-bond donors (Lipinski definition) is 2. The van der Waals surface area contributed by atoms with E-state index >= 15 is 0 Å². The molecule has 3 N–H and O–H groups in total. The number of ether oxygens (including phenoxy) is 1. The van der Waals surface area contributed by atoms with Gasteiger partial charge >= 0.3 is 5.97 Å². The Morgan fingerprint density at radius 2 is 2.27 bits per heavy atom. The number of nitrogens with two attached hydrogens (primary N) is 1. The van der Waals surface area contributed by atoms with Crippen molar-refractivity contribution in [3.05, 3.63) is 0 Å². The standard InChI is InChI=1S/C7H15NO3/c1-3-11-6(9)4-7(2,10)5-8/h10H,3-5,8H2,1-2H3/t7-/m0/s1. The van der Waals surface area contributed by atoms with Crippen molar-refractivity contribution in [1.82, 2.24) is 0 Å². The average Bonchev–Trinajstić information content (AvgIpc) is 1.87. The molecule has 66 valence electrons. The highest BCUT2D eigenvalue weighted by molar-refractivity contribution is 5.70. The summed E-state index contributed by atoms with van der Waals surface area (Å²) in [6, 6.07) is 0. The van der Waals surface area contributed by atoms with Gasteiger partial charge in [0, 0.05) is 6.54 Å². The summed E-state index contributed by atoms with van der Waals surface area (Å²) < 4.78 is 4.63. The third-order valence-electron chi connectivity index (χ3n) is 1.27. The molecule has 0 aliphatic rings. The number of esters is 1. The van der Waals surface area contributed by atoms with Crippen molar-refractivity contribution in [3.63, 3.8) is 0 Å². The minimum absolute atomic E-state index is 0.0443.